The molecule has 1 amide bonds. The van der Waals surface area contributed by atoms with Gasteiger partial charge in [0.2, 0.25) is 0 Å². The number of nitrogens with zero attached hydrogens (tertiary/aromatic N) is 1. The third kappa shape index (κ3) is 1.77. The van der Waals surface area contributed by atoms with Crippen molar-refractivity contribution in [3.63, 3.8) is 0 Å². The molecule has 1 fully saturated rings. The normalized spacial score (nSPS) is 25.2. The number of hydrogen-bond acceptors (Lipinski definition) is 3. The molecule has 0 saturated heterocycles. The Morgan fingerprint density at radius 3 is 3.15 bits per heavy atom. The Kier molecular flexibility index (Phi) is 1.88. The highest BCUT2D eigenvalue weighted by atomic mass is 16.6. The monoisotopic (exact) mass is 178 g/mol. The summed E-state index contributed by atoms with van der Waals surface area (Å²) in [6.07, 6.45) is 3.62. The van der Waals surface area contributed by atoms with Crippen LogP contribution in [0, 0.1) is 0 Å². The number of hydrogen-bond donors (Lipinski definition) is 1. The summed E-state index contributed by atoms with van der Waals surface area (Å²) < 4.78 is 4.84. The topological polar surface area (TPSA) is 65.2 Å². The summed E-state index contributed by atoms with van der Waals surface area (Å²) in [4.78, 5) is 14.4. The number of rotatable bonds is 2. The van der Waals surface area contributed by atoms with Crippen molar-refractivity contribution in [1.82, 2.24) is 4.98 Å². The molecule has 0 bridgehead atoms. The number of primary amides is 1. The first-order chi connectivity index (χ1) is 6.27. The highest BCUT2D eigenvalue weighted by Gasteiger charge is 2.41. The van der Waals surface area contributed by atoms with Crippen LogP contribution in [-0.4, -0.2) is 17.2 Å². The average Bonchev–Trinajstić information content (AvgIpc) is 2.84. The summed E-state index contributed by atoms with van der Waals surface area (Å²) in [7, 11) is 0. The van der Waals surface area contributed by atoms with Gasteiger partial charge in [-0.05, 0) is 18.1 Å². The molecule has 0 aromatic carbocycles. The molecule has 4 heteroatoms. The second-order valence-electron chi connectivity index (χ2n) is 3.10. The minimum Gasteiger partial charge on any atom is -0.446 e. The molecule has 2 N–H and O–H groups in total. The van der Waals surface area contributed by atoms with Gasteiger partial charge in [-0.3, -0.25) is 4.98 Å². The Morgan fingerprint density at radius 1 is 1.69 bits per heavy atom. The molecule has 2 atom stereocenters. The second kappa shape index (κ2) is 3.05. The number of carbonyl (C=O) groups excluding carboxylic acids is 1. The van der Waals surface area contributed by atoms with Crippen LogP contribution in [0.5, 0.6) is 0 Å². The van der Waals surface area contributed by atoms with Gasteiger partial charge in [-0.2, -0.15) is 0 Å². The first-order valence-electron chi connectivity index (χ1n) is 4.13. The van der Waals surface area contributed by atoms with Crippen molar-refractivity contribution in [1.29, 1.82) is 0 Å². The van der Waals surface area contributed by atoms with Gasteiger partial charge in [-0.1, -0.05) is 6.07 Å². The summed E-state index contributed by atoms with van der Waals surface area (Å²) in [6.45, 7) is 0. The largest absolute Gasteiger partial charge is 0.446 e. The molecule has 1 aliphatic rings. The van der Waals surface area contributed by atoms with Gasteiger partial charge in [0.15, 0.2) is 0 Å². The van der Waals surface area contributed by atoms with Crippen LogP contribution in [0.15, 0.2) is 24.5 Å². The van der Waals surface area contributed by atoms with Crippen molar-refractivity contribution in [2.75, 3.05) is 0 Å². The molecule has 0 radical (unpaired) electrons. The van der Waals surface area contributed by atoms with Crippen molar-refractivity contribution < 1.29 is 9.53 Å². The smallest absolute Gasteiger partial charge is 0.404 e. The molecule has 2 rings (SSSR count). The zero-order chi connectivity index (χ0) is 9.26. The molecule has 0 unspecified atom stereocenters. The van der Waals surface area contributed by atoms with Gasteiger partial charge in [0.1, 0.15) is 6.10 Å². The lowest BCUT2D eigenvalue weighted by molar-refractivity contribution is 0.147. The molecule has 13 heavy (non-hydrogen) atoms. The number of amides is 1. The number of pyridine rings is 1. The molecule has 1 aromatic rings. The molecule has 1 heterocycles. The average molecular weight is 178 g/mol. The number of nitrogens with two attached hydrogens (primary N) is 1. The highest BCUT2D eigenvalue weighted by Crippen LogP contribution is 2.42. The van der Waals surface area contributed by atoms with Crippen molar-refractivity contribution in [3.05, 3.63) is 30.1 Å². The lowest BCUT2D eigenvalue weighted by Crippen LogP contribution is -2.14. The van der Waals surface area contributed by atoms with Crippen LogP contribution >= 0.6 is 0 Å². The molecule has 1 aromatic heterocycles. The number of carbonyl (C=O) groups is 1. The fourth-order valence-electron chi connectivity index (χ4n) is 1.40. The lowest BCUT2D eigenvalue weighted by Gasteiger charge is -1.99. The van der Waals surface area contributed by atoms with E-state index in [9.17, 15) is 4.79 Å². The van der Waals surface area contributed by atoms with Crippen molar-refractivity contribution >= 4 is 6.09 Å². The third-order valence-electron chi connectivity index (χ3n) is 2.11. The van der Waals surface area contributed by atoms with E-state index in [1.165, 1.54) is 0 Å². The van der Waals surface area contributed by atoms with Crippen LogP contribution in [0.3, 0.4) is 0 Å². The van der Waals surface area contributed by atoms with E-state index >= 15 is 0 Å². The summed E-state index contributed by atoms with van der Waals surface area (Å²) in [5.41, 5.74) is 6.00. The second-order valence-corrected chi connectivity index (χ2v) is 3.10. The zero-order valence-corrected chi connectivity index (χ0v) is 7.01. The Bertz CT molecular complexity index is 313. The van der Waals surface area contributed by atoms with Crippen LogP contribution in [0.1, 0.15) is 17.9 Å². The maximum Gasteiger partial charge on any atom is 0.404 e. The zero-order valence-electron chi connectivity index (χ0n) is 7.01. The van der Waals surface area contributed by atoms with Crippen LogP contribution < -0.4 is 5.73 Å². The van der Waals surface area contributed by atoms with Crippen molar-refractivity contribution in [3.8, 4) is 0 Å². The highest BCUT2D eigenvalue weighted by molar-refractivity contribution is 5.65. The Labute approximate surface area is 75.7 Å². The van der Waals surface area contributed by atoms with E-state index in [2.05, 4.69) is 4.98 Å². The van der Waals surface area contributed by atoms with Gasteiger partial charge in [-0.15, -0.1) is 0 Å². The van der Waals surface area contributed by atoms with Crippen LogP contribution in [0.4, 0.5) is 4.79 Å². The summed E-state index contributed by atoms with van der Waals surface area (Å²) in [6, 6.07) is 3.84. The van der Waals surface area contributed by atoms with Crippen molar-refractivity contribution in [2.45, 2.75) is 18.4 Å². The maximum absolute atomic E-state index is 10.4. The minimum atomic E-state index is -0.698. The minimum absolute atomic E-state index is 0.0401. The molecule has 1 aliphatic carbocycles. The van der Waals surface area contributed by atoms with Gasteiger partial charge in [-0.25, -0.2) is 4.79 Å². The van der Waals surface area contributed by atoms with E-state index < -0.39 is 6.09 Å². The number of aromatic nitrogens is 1. The predicted molar refractivity (Wildman–Crippen MR) is 46.1 cm³/mol. The van der Waals surface area contributed by atoms with E-state index in [1.54, 1.807) is 12.4 Å². The van der Waals surface area contributed by atoms with Crippen molar-refractivity contribution in [2.24, 2.45) is 5.73 Å². The molecule has 0 spiro atoms. The fraction of sp³-hybridized carbons (Fsp3) is 0.333. The SMILES string of the molecule is NC(=O)O[C@@H]1C[C@H]1c1cccnc1. The Morgan fingerprint density at radius 2 is 2.54 bits per heavy atom. The van der Waals surface area contributed by atoms with Crippen LogP contribution in [0.25, 0.3) is 0 Å². The molecule has 1 saturated carbocycles. The van der Waals surface area contributed by atoms with Gasteiger partial charge >= 0.3 is 6.09 Å². The van der Waals surface area contributed by atoms with Gasteiger partial charge in [0, 0.05) is 18.3 Å². The van der Waals surface area contributed by atoms with E-state index in [0.717, 1.165) is 12.0 Å². The first-order valence-corrected chi connectivity index (χ1v) is 4.13. The molecule has 4 nitrogen and oxygen atoms in total. The summed E-state index contributed by atoms with van der Waals surface area (Å²) in [5.74, 6) is 0.293. The molecular formula is C9H10N2O2. The van der Waals surface area contributed by atoms with E-state index in [4.69, 9.17) is 10.5 Å². The maximum atomic E-state index is 10.4. The Hall–Kier alpha value is -1.58. The Balaban J connectivity index is 1.97. The quantitative estimate of drug-likeness (QED) is 0.735. The standard InChI is InChI=1S/C9H10N2O2/c10-9(12)13-8-4-7(8)6-2-1-3-11-5-6/h1-3,5,7-8H,4H2,(H2,10,12)/t7-,8+/m0/s1. The van der Waals surface area contributed by atoms with E-state index in [0.29, 0.717) is 5.92 Å². The summed E-state index contributed by atoms with van der Waals surface area (Å²) >= 11 is 0. The lowest BCUT2D eigenvalue weighted by atomic mass is 10.2. The van der Waals surface area contributed by atoms with E-state index in [-0.39, 0.29) is 6.10 Å². The van der Waals surface area contributed by atoms with Crippen LogP contribution in [0.2, 0.25) is 0 Å². The molecule has 68 valence electrons. The third-order valence-corrected chi connectivity index (χ3v) is 2.11. The van der Waals surface area contributed by atoms with Gasteiger partial charge in [0.25, 0.3) is 0 Å². The first kappa shape index (κ1) is 8.04. The molecular weight excluding hydrogens is 168 g/mol. The summed E-state index contributed by atoms with van der Waals surface area (Å²) in [5, 5.41) is 0. The van der Waals surface area contributed by atoms with Gasteiger partial charge < -0.3 is 10.5 Å². The van der Waals surface area contributed by atoms with E-state index in [1.807, 2.05) is 12.1 Å². The predicted octanol–water partition coefficient (Wildman–Crippen LogP) is 1.03. The van der Waals surface area contributed by atoms with Crippen LogP contribution in [-0.2, 0) is 4.74 Å². The molecule has 0 aliphatic heterocycles. The fourth-order valence-corrected chi connectivity index (χ4v) is 1.40. The van der Waals surface area contributed by atoms with Gasteiger partial charge in [0.05, 0.1) is 0 Å². The number of ether oxygens (including phenoxy) is 1.